The zero-order valence-corrected chi connectivity index (χ0v) is 18.6. The van der Waals surface area contributed by atoms with Gasteiger partial charge in [-0.3, -0.25) is 0 Å². The molecule has 0 amide bonds. The van der Waals surface area contributed by atoms with Crippen LogP contribution in [0.2, 0.25) is 0 Å². The van der Waals surface area contributed by atoms with Crippen molar-refractivity contribution in [1.82, 2.24) is 4.90 Å². The molecular weight excluding hydrogens is 334 g/mol. The molecule has 2 unspecified atom stereocenters. The number of hydrogen-bond acceptors (Lipinski definition) is 3. The lowest BCUT2D eigenvalue weighted by Gasteiger charge is -2.46. The summed E-state index contributed by atoms with van der Waals surface area (Å²) in [5.74, 6) is 0.651. The van der Waals surface area contributed by atoms with Gasteiger partial charge in [-0.25, -0.2) is 0 Å². The fourth-order valence-corrected chi connectivity index (χ4v) is 5.95. The van der Waals surface area contributed by atoms with E-state index in [0.717, 1.165) is 38.3 Å². The highest BCUT2D eigenvalue weighted by molar-refractivity contribution is 4.93. The van der Waals surface area contributed by atoms with Crippen LogP contribution < -0.4 is 0 Å². The fourth-order valence-electron chi connectivity index (χ4n) is 5.95. The first kappa shape index (κ1) is 21.6. The number of ether oxygens (including phenoxy) is 2. The SMILES string of the molecule is CCCN(CCC1COC2(CCC(C3(C)CCCCC3)CC2)O1)C(C)CC. The molecule has 3 aliphatic rings. The average molecular weight is 380 g/mol. The van der Waals surface area contributed by atoms with Gasteiger partial charge in [-0.05, 0) is 69.7 Å². The Labute approximate surface area is 168 Å². The lowest BCUT2D eigenvalue weighted by atomic mass is 9.62. The molecule has 0 aromatic rings. The highest BCUT2D eigenvalue weighted by Gasteiger charge is 2.47. The van der Waals surface area contributed by atoms with Gasteiger partial charge in [0.05, 0.1) is 12.7 Å². The van der Waals surface area contributed by atoms with Crippen molar-refractivity contribution in [2.24, 2.45) is 11.3 Å². The summed E-state index contributed by atoms with van der Waals surface area (Å²) in [5.41, 5.74) is 0.592. The summed E-state index contributed by atoms with van der Waals surface area (Å²) in [5, 5.41) is 0. The molecule has 1 heterocycles. The fraction of sp³-hybridized carbons (Fsp3) is 1.00. The Morgan fingerprint density at radius 1 is 1.00 bits per heavy atom. The van der Waals surface area contributed by atoms with E-state index in [0.29, 0.717) is 17.6 Å². The van der Waals surface area contributed by atoms with E-state index < -0.39 is 0 Å². The second kappa shape index (κ2) is 9.59. The second-order valence-corrected chi connectivity index (χ2v) is 10.0. The molecular formula is C24H45NO2. The molecule has 2 saturated carbocycles. The van der Waals surface area contributed by atoms with Crippen molar-refractivity contribution >= 4 is 0 Å². The van der Waals surface area contributed by atoms with Gasteiger partial charge < -0.3 is 14.4 Å². The number of rotatable bonds is 8. The molecule has 0 aromatic heterocycles. The third-order valence-corrected chi connectivity index (χ3v) is 8.11. The lowest BCUT2D eigenvalue weighted by Crippen LogP contribution is -2.41. The maximum atomic E-state index is 6.55. The molecule has 27 heavy (non-hydrogen) atoms. The zero-order chi connectivity index (χ0) is 19.3. The van der Waals surface area contributed by atoms with E-state index >= 15 is 0 Å². The largest absolute Gasteiger partial charge is 0.347 e. The van der Waals surface area contributed by atoms with E-state index in [-0.39, 0.29) is 5.79 Å². The lowest BCUT2D eigenvalue weighted by molar-refractivity contribution is -0.199. The van der Waals surface area contributed by atoms with Crippen molar-refractivity contribution in [3.05, 3.63) is 0 Å². The van der Waals surface area contributed by atoms with Crippen molar-refractivity contribution in [3.8, 4) is 0 Å². The Morgan fingerprint density at radius 2 is 1.70 bits per heavy atom. The van der Waals surface area contributed by atoms with Gasteiger partial charge in [0, 0.05) is 25.4 Å². The normalized spacial score (nSPS) is 35.0. The highest BCUT2D eigenvalue weighted by Crippen LogP contribution is 2.51. The number of nitrogens with zero attached hydrogens (tertiary/aromatic N) is 1. The molecule has 1 aliphatic heterocycles. The molecule has 3 rings (SSSR count). The van der Waals surface area contributed by atoms with Gasteiger partial charge in [-0.1, -0.05) is 40.0 Å². The first-order chi connectivity index (χ1) is 13.0. The van der Waals surface area contributed by atoms with Crippen LogP contribution in [0.25, 0.3) is 0 Å². The van der Waals surface area contributed by atoms with E-state index in [1.165, 1.54) is 64.3 Å². The van der Waals surface area contributed by atoms with E-state index in [1.54, 1.807) is 0 Å². The minimum Gasteiger partial charge on any atom is -0.347 e. The van der Waals surface area contributed by atoms with Crippen LogP contribution in [0.15, 0.2) is 0 Å². The summed E-state index contributed by atoms with van der Waals surface area (Å²) in [6.45, 7) is 12.7. The predicted molar refractivity (Wildman–Crippen MR) is 113 cm³/mol. The molecule has 0 bridgehead atoms. The second-order valence-electron chi connectivity index (χ2n) is 10.0. The number of hydrogen-bond donors (Lipinski definition) is 0. The van der Waals surface area contributed by atoms with Crippen LogP contribution in [0, 0.1) is 11.3 Å². The van der Waals surface area contributed by atoms with E-state index in [1.807, 2.05) is 0 Å². The Hall–Kier alpha value is -0.120. The summed E-state index contributed by atoms with van der Waals surface area (Å²) in [6.07, 6.45) is 15.9. The summed E-state index contributed by atoms with van der Waals surface area (Å²) < 4.78 is 12.9. The molecule has 1 saturated heterocycles. The van der Waals surface area contributed by atoms with E-state index in [4.69, 9.17) is 9.47 Å². The topological polar surface area (TPSA) is 21.7 Å². The minimum absolute atomic E-state index is 0.238. The Kier molecular flexibility index (Phi) is 7.66. The summed E-state index contributed by atoms with van der Waals surface area (Å²) in [7, 11) is 0. The molecule has 0 N–H and O–H groups in total. The standard InChI is InChI=1S/C24H45NO2/c1-5-17-25(20(3)6-2)18-12-22-19-26-24(27-22)15-10-21(11-16-24)23(4)13-8-7-9-14-23/h20-22H,5-19H2,1-4H3. The van der Waals surface area contributed by atoms with Crippen LogP contribution in [-0.2, 0) is 9.47 Å². The van der Waals surface area contributed by atoms with Crippen molar-refractivity contribution in [1.29, 1.82) is 0 Å². The molecule has 3 nitrogen and oxygen atoms in total. The van der Waals surface area contributed by atoms with Crippen molar-refractivity contribution in [2.45, 2.75) is 123 Å². The molecule has 1 spiro atoms. The molecule has 2 atom stereocenters. The van der Waals surface area contributed by atoms with Gasteiger partial charge >= 0.3 is 0 Å². The van der Waals surface area contributed by atoms with Gasteiger partial charge in [-0.15, -0.1) is 0 Å². The van der Waals surface area contributed by atoms with Crippen LogP contribution in [0.3, 0.4) is 0 Å². The monoisotopic (exact) mass is 379 g/mol. The maximum Gasteiger partial charge on any atom is 0.168 e. The van der Waals surface area contributed by atoms with E-state index in [2.05, 4.69) is 32.6 Å². The minimum atomic E-state index is -0.238. The summed E-state index contributed by atoms with van der Waals surface area (Å²) >= 11 is 0. The maximum absolute atomic E-state index is 6.55. The van der Waals surface area contributed by atoms with Gasteiger partial charge in [0.15, 0.2) is 5.79 Å². The Balaban J connectivity index is 1.45. The van der Waals surface area contributed by atoms with Crippen LogP contribution in [0.5, 0.6) is 0 Å². The first-order valence-corrected chi connectivity index (χ1v) is 12.1. The van der Waals surface area contributed by atoms with Gasteiger partial charge in [-0.2, -0.15) is 0 Å². The van der Waals surface area contributed by atoms with Crippen LogP contribution in [0.1, 0.15) is 105 Å². The van der Waals surface area contributed by atoms with Crippen LogP contribution >= 0.6 is 0 Å². The summed E-state index contributed by atoms with van der Waals surface area (Å²) in [6, 6.07) is 0.674. The predicted octanol–water partition coefficient (Wildman–Crippen LogP) is 6.16. The van der Waals surface area contributed by atoms with Crippen molar-refractivity contribution in [2.75, 3.05) is 19.7 Å². The Morgan fingerprint density at radius 3 is 2.33 bits per heavy atom. The first-order valence-electron chi connectivity index (χ1n) is 12.1. The zero-order valence-electron chi connectivity index (χ0n) is 18.6. The Bertz CT molecular complexity index is 438. The van der Waals surface area contributed by atoms with Gasteiger partial charge in [0.25, 0.3) is 0 Å². The van der Waals surface area contributed by atoms with Crippen LogP contribution in [-0.4, -0.2) is 42.5 Å². The van der Waals surface area contributed by atoms with E-state index in [9.17, 15) is 0 Å². The molecule has 0 aromatic carbocycles. The van der Waals surface area contributed by atoms with Crippen LogP contribution in [0.4, 0.5) is 0 Å². The molecule has 158 valence electrons. The van der Waals surface area contributed by atoms with Gasteiger partial charge in [0.1, 0.15) is 0 Å². The summed E-state index contributed by atoms with van der Waals surface area (Å²) in [4.78, 5) is 2.63. The molecule has 0 radical (unpaired) electrons. The smallest absolute Gasteiger partial charge is 0.168 e. The average Bonchev–Trinajstić information content (AvgIpc) is 3.08. The highest BCUT2D eigenvalue weighted by atomic mass is 16.7. The molecule has 3 heteroatoms. The quantitative estimate of drug-likeness (QED) is 0.504. The van der Waals surface area contributed by atoms with Gasteiger partial charge in [0.2, 0.25) is 0 Å². The molecule has 2 aliphatic carbocycles. The third-order valence-electron chi connectivity index (χ3n) is 8.11. The third kappa shape index (κ3) is 5.28. The van der Waals surface area contributed by atoms with Crippen molar-refractivity contribution < 1.29 is 9.47 Å². The van der Waals surface area contributed by atoms with Crippen molar-refractivity contribution in [3.63, 3.8) is 0 Å². The molecule has 3 fully saturated rings.